The van der Waals surface area contributed by atoms with Crippen molar-refractivity contribution in [2.24, 2.45) is 0 Å². The summed E-state index contributed by atoms with van der Waals surface area (Å²) in [6.07, 6.45) is 0.868. The van der Waals surface area contributed by atoms with Crippen molar-refractivity contribution in [3.63, 3.8) is 0 Å². The number of carbonyl (C=O) groups is 1. The second kappa shape index (κ2) is 4.30. The number of benzene rings is 1. The molecule has 2 saturated heterocycles. The first-order valence-corrected chi connectivity index (χ1v) is 6.25. The van der Waals surface area contributed by atoms with E-state index in [0.717, 1.165) is 23.9 Å². The molecule has 0 amide bonds. The highest BCUT2D eigenvalue weighted by Crippen LogP contribution is 2.30. The summed E-state index contributed by atoms with van der Waals surface area (Å²) in [6, 6.07) is 8.18. The first kappa shape index (κ1) is 12.6. The van der Waals surface area contributed by atoms with Crippen LogP contribution in [0.25, 0.3) is 10.9 Å². The van der Waals surface area contributed by atoms with E-state index in [0.29, 0.717) is 18.3 Å². The lowest BCUT2D eigenvalue weighted by atomic mass is 9.91. The average molecular weight is 279 g/mol. The molecular formula is C13H15ClN4O. The third kappa shape index (κ3) is 1.69. The van der Waals surface area contributed by atoms with Crippen molar-refractivity contribution in [1.29, 1.82) is 0 Å². The van der Waals surface area contributed by atoms with E-state index >= 15 is 0 Å². The third-order valence-electron chi connectivity index (χ3n) is 4.09. The fourth-order valence-electron chi connectivity index (χ4n) is 3.10. The molecule has 1 aromatic carbocycles. The fourth-order valence-corrected chi connectivity index (χ4v) is 3.10. The summed E-state index contributed by atoms with van der Waals surface area (Å²) in [5.74, 6) is 0.104. The van der Waals surface area contributed by atoms with E-state index in [-0.39, 0.29) is 18.2 Å². The number of rotatable bonds is 2. The van der Waals surface area contributed by atoms with Crippen LogP contribution in [0.3, 0.4) is 0 Å². The van der Waals surface area contributed by atoms with Gasteiger partial charge in [0, 0.05) is 24.5 Å². The van der Waals surface area contributed by atoms with Crippen molar-refractivity contribution >= 4 is 29.1 Å². The molecule has 0 aliphatic carbocycles. The minimum absolute atomic E-state index is 0. The summed E-state index contributed by atoms with van der Waals surface area (Å²) in [7, 11) is 0. The zero-order valence-electron chi connectivity index (χ0n) is 10.3. The number of aromatic amines is 1. The normalized spacial score (nSPS) is 28.5. The van der Waals surface area contributed by atoms with E-state index in [1.807, 2.05) is 24.3 Å². The number of piperazine rings is 1. The maximum Gasteiger partial charge on any atom is 0.205 e. The Balaban J connectivity index is 0.00000110. The number of nitrogens with one attached hydrogen (secondary N) is 3. The summed E-state index contributed by atoms with van der Waals surface area (Å²) in [4.78, 5) is 12.7. The smallest absolute Gasteiger partial charge is 0.205 e. The van der Waals surface area contributed by atoms with E-state index in [4.69, 9.17) is 0 Å². The SMILES string of the molecule is Cl.O=C(c1n[nH]c2ccccc12)[C@]12CN[C@H](CN1)C2. The fraction of sp³-hybridized carbons (Fsp3) is 0.385. The molecule has 0 spiro atoms. The second-order valence-corrected chi connectivity index (χ2v) is 5.19. The van der Waals surface area contributed by atoms with Crippen LogP contribution in [0.4, 0.5) is 0 Å². The van der Waals surface area contributed by atoms with Gasteiger partial charge in [-0.2, -0.15) is 5.10 Å². The lowest BCUT2D eigenvalue weighted by Crippen LogP contribution is -2.55. The number of halogens is 1. The second-order valence-electron chi connectivity index (χ2n) is 5.19. The molecule has 3 N–H and O–H groups in total. The van der Waals surface area contributed by atoms with Crippen LogP contribution in [0.15, 0.2) is 24.3 Å². The average Bonchev–Trinajstić information content (AvgIpc) is 3.12. The number of fused-ring (bicyclic) bond motifs is 3. The van der Waals surface area contributed by atoms with Gasteiger partial charge in [0.1, 0.15) is 5.69 Å². The predicted molar refractivity (Wildman–Crippen MR) is 74.8 cm³/mol. The molecule has 0 radical (unpaired) electrons. The van der Waals surface area contributed by atoms with Crippen molar-refractivity contribution < 1.29 is 4.79 Å². The number of Topliss-reactive ketones (excluding diaryl/α,β-unsaturated/α-hetero) is 1. The van der Waals surface area contributed by atoms with Crippen molar-refractivity contribution in [3.8, 4) is 0 Å². The van der Waals surface area contributed by atoms with Gasteiger partial charge in [0.05, 0.1) is 11.1 Å². The molecule has 2 aliphatic rings. The van der Waals surface area contributed by atoms with Crippen LogP contribution in [0.5, 0.6) is 0 Å². The molecular weight excluding hydrogens is 264 g/mol. The van der Waals surface area contributed by atoms with Crippen molar-refractivity contribution in [3.05, 3.63) is 30.0 Å². The molecule has 1 aromatic heterocycles. The first-order chi connectivity index (χ1) is 8.78. The molecule has 0 unspecified atom stereocenters. The van der Waals surface area contributed by atoms with Gasteiger partial charge < -0.3 is 10.6 Å². The van der Waals surface area contributed by atoms with Gasteiger partial charge in [0.25, 0.3) is 0 Å². The summed E-state index contributed by atoms with van der Waals surface area (Å²) < 4.78 is 0. The summed E-state index contributed by atoms with van der Waals surface area (Å²) >= 11 is 0. The molecule has 6 heteroatoms. The van der Waals surface area contributed by atoms with Crippen LogP contribution < -0.4 is 10.6 Å². The number of hydrogen-bond donors (Lipinski definition) is 3. The molecule has 19 heavy (non-hydrogen) atoms. The van der Waals surface area contributed by atoms with Crippen LogP contribution in [0.1, 0.15) is 16.9 Å². The Bertz CT molecular complexity index is 630. The zero-order chi connectivity index (χ0) is 12.2. The Morgan fingerprint density at radius 3 is 2.89 bits per heavy atom. The lowest BCUT2D eigenvalue weighted by Gasteiger charge is -2.25. The van der Waals surface area contributed by atoms with Crippen LogP contribution in [-0.4, -0.2) is 40.7 Å². The Kier molecular flexibility index (Phi) is 2.85. The number of nitrogens with zero attached hydrogens (tertiary/aromatic N) is 1. The molecule has 2 fully saturated rings. The first-order valence-electron chi connectivity index (χ1n) is 6.25. The van der Waals surface area contributed by atoms with Gasteiger partial charge in [-0.1, -0.05) is 18.2 Å². The topological polar surface area (TPSA) is 69.8 Å². The molecule has 2 bridgehead atoms. The number of H-pyrrole nitrogens is 1. The third-order valence-corrected chi connectivity index (χ3v) is 4.09. The van der Waals surface area contributed by atoms with E-state index < -0.39 is 5.54 Å². The largest absolute Gasteiger partial charge is 0.310 e. The number of hydrogen-bond acceptors (Lipinski definition) is 4. The number of ketones is 1. The highest BCUT2D eigenvalue weighted by atomic mass is 35.5. The number of para-hydroxylation sites is 1. The van der Waals surface area contributed by atoms with Crippen LogP contribution >= 0.6 is 12.4 Å². The Morgan fingerprint density at radius 1 is 1.37 bits per heavy atom. The van der Waals surface area contributed by atoms with Gasteiger partial charge in [-0.15, -0.1) is 12.4 Å². The predicted octanol–water partition coefficient (Wildman–Crippen LogP) is 0.871. The van der Waals surface area contributed by atoms with E-state index in [2.05, 4.69) is 20.8 Å². The van der Waals surface area contributed by atoms with Crippen LogP contribution in [0, 0.1) is 0 Å². The van der Waals surface area contributed by atoms with Crippen molar-refractivity contribution in [2.45, 2.75) is 18.0 Å². The summed E-state index contributed by atoms with van der Waals surface area (Å²) in [6.45, 7) is 1.58. The minimum atomic E-state index is -0.442. The van der Waals surface area contributed by atoms with E-state index in [9.17, 15) is 4.79 Å². The van der Waals surface area contributed by atoms with E-state index in [1.165, 1.54) is 0 Å². The monoisotopic (exact) mass is 278 g/mol. The maximum atomic E-state index is 12.7. The van der Waals surface area contributed by atoms with Crippen molar-refractivity contribution in [1.82, 2.24) is 20.8 Å². The molecule has 0 saturated carbocycles. The molecule has 2 aromatic rings. The van der Waals surface area contributed by atoms with Gasteiger partial charge in [-0.05, 0) is 12.5 Å². The molecule has 100 valence electrons. The molecule has 4 rings (SSSR count). The highest BCUT2D eigenvalue weighted by molar-refractivity contribution is 6.11. The van der Waals surface area contributed by atoms with Crippen LogP contribution in [0.2, 0.25) is 0 Å². The Morgan fingerprint density at radius 2 is 2.21 bits per heavy atom. The molecule has 3 heterocycles. The lowest BCUT2D eigenvalue weighted by molar-refractivity contribution is 0.0876. The van der Waals surface area contributed by atoms with Crippen molar-refractivity contribution in [2.75, 3.05) is 13.1 Å². The summed E-state index contributed by atoms with van der Waals surface area (Å²) in [5, 5.41) is 14.8. The molecule has 2 aliphatic heterocycles. The van der Waals surface area contributed by atoms with Gasteiger partial charge in [0.2, 0.25) is 5.78 Å². The van der Waals surface area contributed by atoms with E-state index in [1.54, 1.807) is 0 Å². The number of carbonyl (C=O) groups excluding carboxylic acids is 1. The maximum absolute atomic E-state index is 12.7. The Labute approximate surface area is 116 Å². The van der Waals surface area contributed by atoms with Gasteiger partial charge >= 0.3 is 0 Å². The van der Waals surface area contributed by atoms with Gasteiger partial charge in [0.15, 0.2) is 0 Å². The molecule has 2 atom stereocenters. The van der Waals surface area contributed by atoms with Gasteiger partial charge in [-0.3, -0.25) is 9.89 Å². The quantitative estimate of drug-likeness (QED) is 0.713. The highest BCUT2D eigenvalue weighted by Gasteiger charge is 2.50. The van der Waals surface area contributed by atoms with Gasteiger partial charge in [-0.25, -0.2) is 0 Å². The number of aromatic nitrogens is 2. The van der Waals surface area contributed by atoms with Crippen LogP contribution in [-0.2, 0) is 0 Å². The molecule has 5 nitrogen and oxygen atoms in total. The minimum Gasteiger partial charge on any atom is -0.310 e. The summed E-state index contributed by atoms with van der Waals surface area (Å²) in [5.41, 5.74) is 1.03. The Hall–Kier alpha value is -1.43. The zero-order valence-corrected chi connectivity index (χ0v) is 11.1. The standard InChI is InChI=1S/C13H14N4O.ClH/c18-12(13-5-8(6-15-13)14-7-13)11-9-3-1-2-4-10(9)16-17-11;/h1-4,8,14-15H,5-7H2,(H,16,17);1H/t8-,13-;/m0./s1.